The molecule has 3 rings (SSSR count). The minimum Gasteiger partial charge on any atom is -0.307 e. The quantitative estimate of drug-likeness (QED) is 0.804. The summed E-state index contributed by atoms with van der Waals surface area (Å²) in [5.74, 6) is 0.398. The van der Waals surface area contributed by atoms with E-state index >= 15 is 0 Å². The van der Waals surface area contributed by atoms with Crippen LogP contribution in [0.1, 0.15) is 21.5 Å². The van der Waals surface area contributed by atoms with Gasteiger partial charge in [0.25, 0.3) is 5.91 Å². The highest BCUT2D eigenvalue weighted by molar-refractivity contribution is 6.03. The number of rotatable bonds is 4. The highest BCUT2D eigenvalue weighted by Crippen LogP contribution is 2.10. The zero-order valence-electron chi connectivity index (χ0n) is 12.2. The summed E-state index contributed by atoms with van der Waals surface area (Å²) in [6.45, 7) is 2.65. The van der Waals surface area contributed by atoms with Crippen LogP contribution in [0, 0.1) is 6.92 Å². The molecule has 0 bridgehead atoms. The van der Waals surface area contributed by atoms with Crippen molar-refractivity contribution in [1.29, 1.82) is 0 Å². The molecule has 2 heterocycles. The summed E-state index contributed by atoms with van der Waals surface area (Å²) in [4.78, 5) is 16.3. The van der Waals surface area contributed by atoms with Gasteiger partial charge < -0.3 is 5.32 Å². The number of hydrogen-bond donors (Lipinski definition) is 1. The Hall–Kier alpha value is -2.95. The molecule has 0 unspecified atom stereocenters. The Bertz CT molecular complexity index is 764. The van der Waals surface area contributed by atoms with Gasteiger partial charge >= 0.3 is 0 Å². The molecule has 5 heteroatoms. The summed E-state index contributed by atoms with van der Waals surface area (Å²) in [7, 11) is 0. The van der Waals surface area contributed by atoms with E-state index in [1.165, 1.54) is 0 Å². The Labute approximate surface area is 128 Å². The Morgan fingerprint density at radius 2 is 2.00 bits per heavy atom. The summed E-state index contributed by atoms with van der Waals surface area (Å²) in [5, 5.41) is 6.96. The fourth-order valence-electron chi connectivity index (χ4n) is 2.14. The zero-order chi connectivity index (χ0) is 15.4. The Balaban J connectivity index is 1.68. The van der Waals surface area contributed by atoms with Crippen LogP contribution in [-0.4, -0.2) is 20.7 Å². The molecule has 0 aliphatic heterocycles. The van der Waals surface area contributed by atoms with E-state index in [0.717, 1.165) is 11.1 Å². The number of aryl methyl sites for hydroxylation is 1. The van der Waals surface area contributed by atoms with Gasteiger partial charge in [-0.25, -0.2) is 4.98 Å². The minimum atomic E-state index is -0.163. The van der Waals surface area contributed by atoms with Crippen LogP contribution in [0.5, 0.6) is 0 Å². The molecule has 0 aliphatic rings. The van der Waals surface area contributed by atoms with Crippen LogP contribution in [-0.2, 0) is 6.54 Å². The predicted octanol–water partition coefficient (Wildman–Crippen LogP) is 2.89. The van der Waals surface area contributed by atoms with Gasteiger partial charge in [0.05, 0.1) is 6.54 Å². The smallest absolute Gasteiger partial charge is 0.256 e. The minimum absolute atomic E-state index is 0.163. The van der Waals surface area contributed by atoms with E-state index in [2.05, 4.69) is 15.4 Å². The van der Waals surface area contributed by atoms with Crippen molar-refractivity contribution >= 4 is 11.7 Å². The second-order valence-corrected chi connectivity index (χ2v) is 5.07. The number of aromatic nitrogens is 3. The molecular formula is C17H16N4O. The van der Waals surface area contributed by atoms with Crippen molar-refractivity contribution in [3.05, 3.63) is 77.7 Å². The molecule has 1 N–H and O–H groups in total. The topological polar surface area (TPSA) is 59.8 Å². The average Bonchev–Trinajstić information content (AvgIpc) is 3.01. The average molecular weight is 292 g/mol. The van der Waals surface area contributed by atoms with Crippen LogP contribution >= 0.6 is 0 Å². The highest BCUT2D eigenvalue weighted by atomic mass is 16.1. The summed E-state index contributed by atoms with van der Waals surface area (Å²) < 4.78 is 1.84. The lowest BCUT2D eigenvalue weighted by atomic mass is 10.1. The SMILES string of the molecule is Cc1ccnc(NC(=O)c2ccc(Cn3cccn3)cc2)c1. The van der Waals surface area contributed by atoms with E-state index in [4.69, 9.17) is 0 Å². The van der Waals surface area contributed by atoms with E-state index in [1.807, 2.05) is 60.3 Å². The van der Waals surface area contributed by atoms with Crippen LogP contribution < -0.4 is 5.32 Å². The lowest BCUT2D eigenvalue weighted by molar-refractivity contribution is 0.102. The van der Waals surface area contributed by atoms with E-state index in [1.54, 1.807) is 12.4 Å². The molecule has 2 aromatic heterocycles. The number of anilines is 1. The summed E-state index contributed by atoms with van der Waals surface area (Å²) in [6, 6.07) is 13.1. The van der Waals surface area contributed by atoms with Gasteiger partial charge in [0, 0.05) is 24.2 Å². The third kappa shape index (κ3) is 3.38. The van der Waals surface area contributed by atoms with Crippen molar-refractivity contribution in [2.24, 2.45) is 0 Å². The van der Waals surface area contributed by atoms with Crippen LogP contribution in [0.4, 0.5) is 5.82 Å². The van der Waals surface area contributed by atoms with Crippen molar-refractivity contribution in [2.45, 2.75) is 13.5 Å². The molecule has 5 nitrogen and oxygen atoms in total. The second-order valence-electron chi connectivity index (χ2n) is 5.07. The number of carbonyl (C=O) groups is 1. The molecule has 0 fully saturated rings. The Kier molecular flexibility index (Phi) is 3.96. The molecule has 3 aromatic rings. The van der Waals surface area contributed by atoms with Crippen LogP contribution in [0.3, 0.4) is 0 Å². The number of nitrogens with zero attached hydrogens (tertiary/aromatic N) is 3. The first-order chi connectivity index (χ1) is 10.7. The van der Waals surface area contributed by atoms with Gasteiger partial charge in [0.15, 0.2) is 0 Å². The molecule has 22 heavy (non-hydrogen) atoms. The van der Waals surface area contributed by atoms with Crippen molar-refractivity contribution in [2.75, 3.05) is 5.32 Å². The third-order valence-electron chi connectivity index (χ3n) is 3.28. The lowest BCUT2D eigenvalue weighted by Gasteiger charge is -2.06. The van der Waals surface area contributed by atoms with Crippen molar-refractivity contribution < 1.29 is 4.79 Å². The Morgan fingerprint density at radius 1 is 1.18 bits per heavy atom. The third-order valence-corrected chi connectivity index (χ3v) is 3.28. The van der Waals surface area contributed by atoms with Gasteiger partial charge in [-0.15, -0.1) is 0 Å². The molecule has 1 amide bonds. The van der Waals surface area contributed by atoms with E-state index in [0.29, 0.717) is 17.9 Å². The normalized spacial score (nSPS) is 10.4. The summed E-state index contributed by atoms with van der Waals surface area (Å²) >= 11 is 0. The summed E-state index contributed by atoms with van der Waals surface area (Å²) in [5.41, 5.74) is 2.75. The first-order valence-electron chi connectivity index (χ1n) is 7.01. The standard InChI is InChI=1S/C17H16N4O/c1-13-7-9-18-16(11-13)20-17(22)15-5-3-14(4-6-15)12-21-10-2-8-19-21/h2-11H,12H2,1H3,(H,18,20,22). The maximum absolute atomic E-state index is 12.2. The fraction of sp³-hybridized carbons (Fsp3) is 0.118. The van der Waals surface area contributed by atoms with Crippen LogP contribution in [0.2, 0.25) is 0 Å². The number of carbonyl (C=O) groups excluding carboxylic acids is 1. The Morgan fingerprint density at radius 3 is 2.68 bits per heavy atom. The molecular weight excluding hydrogens is 276 g/mol. The second kappa shape index (κ2) is 6.22. The molecule has 110 valence electrons. The van der Waals surface area contributed by atoms with Gasteiger partial charge in [-0.3, -0.25) is 9.48 Å². The van der Waals surface area contributed by atoms with Gasteiger partial charge in [0.2, 0.25) is 0 Å². The van der Waals surface area contributed by atoms with Crippen LogP contribution in [0.15, 0.2) is 61.1 Å². The van der Waals surface area contributed by atoms with Crippen molar-refractivity contribution in [3.8, 4) is 0 Å². The van der Waals surface area contributed by atoms with E-state index in [-0.39, 0.29) is 5.91 Å². The molecule has 0 aliphatic carbocycles. The lowest BCUT2D eigenvalue weighted by Crippen LogP contribution is -2.13. The van der Waals surface area contributed by atoms with Crippen molar-refractivity contribution in [3.63, 3.8) is 0 Å². The van der Waals surface area contributed by atoms with Gasteiger partial charge in [0.1, 0.15) is 5.82 Å². The first-order valence-corrected chi connectivity index (χ1v) is 7.01. The molecule has 0 saturated heterocycles. The van der Waals surface area contributed by atoms with E-state index in [9.17, 15) is 4.79 Å². The van der Waals surface area contributed by atoms with Gasteiger partial charge in [-0.05, 0) is 48.4 Å². The zero-order valence-corrected chi connectivity index (χ0v) is 12.2. The fourth-order valence-corrected chi connectivity index (χ4v) is 2.14. The number of amides is 1. The monoisotopic (exact) mass is 292 g/mol. The maximum Gasteiger partial charge on any atom is 0.256 e. The molecule has 0 saturated carbocycles. The van der Waals surface area contributed by atoms with Crippen molar-refractivity contribution in [1.82, 2.24) is 14.8 Å². The molecule has 0 spiro atoms. The van der Waals surface area contributed by atoms with Crippen LogP contribution in [0.25, 0.3) is 0 Å². The number of pyridine rings is 1. The first kappa shape index (κ1) is 14.0. The highest BCUT2D eigenvalue weighted by Gasteiger charge is 2.07. The van der Waals surface area contributed by atoms with Gasteiger partial charge in [-0.2, -0.15) is 5.10 Å². The summed E-state index contributed by atoms with van der Waals surface area (Å²) in [6.07, 6.45) is 5.33. The van der Waals surface area contributed by atoms with E-state index < -0.39 is 0 Å². The molecule has 1 aromatic carbocycles. The largest absolute Gasteiger partial charge is 0.307 e. The van der Waals surface area contributed by atoms with Gasteiger partial charge in [-0.1, -0.05) is 12.1 Å². The predicted molar refractivity (Wildman–Crippen MR) is 84.7 cm³/mol. The molecule has 0 atom stereocenters. The number of nitrogens with one attached hydrogen (secondary N) is 1. The molecule has 0 radical (unpaired) electrons. The maximum atomic E-state index is 12.2. The number of hydrogen-bond acceptors (Lipinski definition) is 3. The number of benzene rings is 1.